The van der Waals surface area contributed by atoms with Gasteiger partial charge in [0.25, 0.3) is 5.56 Å². The predicted octanol–water partition coefficient (Wildman–Crippen LogP) is 6.43. The van der Waals surface area contributed by atoms with Crippen molar-refractivity contribution in [1.82, 2.24) is 4.57 Å². The average molecular weight is 730 g/mol. The van der Waals surface area contributed by atoms with E-state index in [1.807, 2.05) is 42.5 Å². The zero-order chi connectivity index (χ0) is 33.8. The molecule has 5 aromatic rings. The Labute approximate surface area is 288 Å². The van der Waals surface area contributed by atoms with E-state index >= 15 is 0 Å². The number of hydrogen-bond donors (Lipinski definition) is 0. The summed E-state index contributed by atoms with van der Waals surface area (Å²) in [6.45, 7) is 1.93. The number of thiazole rings is 1. The van der Waals surface area contributed by atoms with E-state index in [1.165, 1.54) is 36.2 Å². The van der Waals surface area contributed by atoms with E-state index in [0.717, 1.165) is 5.56 Å². The van der Waals surface area contributed by atoms with Gasteiger partial charge in [-0.05, 0) is 70.4 Å². The fourth-order valence-corrected chi connectivity index (χ4v) is 6.94. The zero-order valence-corrected chi connectivity index (χ0v) is 28.6. The number of halogens is 2. The van der Waals surface area contributed by atoms with E-state index in [-0.39, 0.29) is 30.2 Å². The summed E-state index contributed by atoms with van der Waals surface area (Å²) in [7, 11) is 3.07. The normalized spacial score (nSPS) is 14.3. The van der Waals surface area contributed by atoms with Gasteiger partial charge in [0.1, 0.15) is 18.2 Å². The highest BCUT2D eigenvalue weighted by molar-refractivity contribution is 9.10. The molecule has 1 aliphatic heterocycles. The molecule has 48 heavy (non-hydrogen) atoms. The van der Waals surface area contributed by atoms with Crippen LogP contribution in [0, 0.1) is 5.82 Å². The van der Waals surface area contributed by atoms with Crippen molar-refractivity contribution >= 4 is 45.0 Å². The average Bonchev–Trinajstić information content (AvgIpc) is 3.41. The molecule has 0 aliphatic carbocycles. The first kappa shape index (κ1) is 32.9. The van der Waals surface area contributed by atoms with Crippen molar-refractivity contribution in [3.05, 3.63) is 149 Å². The maximum atomic E-state index is 14.3. The summed E-state index contributed by atoms with van der Waals surface area (Å²) >= 11 is 4.76. The molecule has 0 spiro atoms. The number of carbonyl (C=O) groups excluding carboxylic acids is 1. The van der Waals surface area contributed by atoms with E-state index in [9.17, 15) is 14.0 Å². The molecular weight excluding hydrogens is 699 g/mol. The van der Waals surface area contributed by atoms with Gasteiger partial charge in [0.05, 0.1) is 47.1 Å². The van der Waals surface area contributed by atoms with Gasteiger partial charge in [-0.3, -0.25) is 9.36 Å². The summed E-state index contributed by atoms with van der Waals surface area (Å²) in [4.78, 5) is 33.3. The van der Waals surface area contributed by atoms with Gasteiger partial charge in [-0.2, -0.15) is 0 Å². The van der Waals surface area contributed by atoms with Crippen LogP contribution in [0.15, 0.2) is 111 Å². The van der Waals surface area contributed by atoms with Crippen LogP contribution in [0.4, 0.5) is 4.39 Å². The van der Waals surface area contributed by atoms with Crippen molar-refractivity contribution in [3.63, 3.8) is 0 Å². The Hall–Kier alpha value is -5.00. The van der Waals surface area contributed by atoms with Crippen LogP contribution in [0.1, 0.15) is 35.2 Å². The number of ether oxygens (including phenoxy) is 4. The first-order chi connectivity index (χ1) is 23.3. The summed E-state index contributed by atoms with van der Waals surface area (Å²) < 4.78 is 39.1. The highest BCUT2D eigenvalue weighted by atomic mass is 79.9. The molecule has 0 saturated heterocycles. The van der Waals surface area contributed by atoms with E-state index in [0.29, 0.717) is 53.4 Å². The van der Waals surface area contributed by atoms with Crippen molar-refractivity contribution in [1.29, 1.82) is 0 Å². The predicted molar refractivity (Wildman–Crippen MR) is 185 cm³/mol. The number of nitrogens with zero attached hydrogens (tertiary/aromatic N) is 2. The van der Waals surface area contributed by atoms with Gasteiger partial charge in [-0.1, -0.05) is 72.0 Å². The van der Waals surface area contributed by atoms with Crippen LogP contribution in [0.2, 0.25) is 0 Å². The van der Waals surface area contributed by atoms with Gasteiger partial charge >= 0.3 is 5.97 Å². The third kappa shape index (κ3) is 6.56. The summed E-state index contributed by atoms with van der Waals surface area (Å²) in [6, 6.07) is 25.6. The Kier molecular flexibility index (Phi) is 9.88. The van der Waals surface area contributed by atoms with Crippen LogP contribution in [0.25, 0.3) is 11.8 Å². The summed E-state index contributed by atoms with van der Waals surface area (Å²) in [5, 5.41) is 0. The third-order valence-corrected chi connectivity index (χ3v) is 9.29. The van der Waals surface area contributed by atoms with Gasteiger partial charge in [0.2, 0.25) is 0 Å². The number of fused-ring (bicyclic) bond motifs is 1. The van der Waals surface area contributed by atoms with Crippen molar-refractivity contribution in [2.75, 3.05) is 20.8 Å². The monoisotopic (exact) mass is 728 g/mol. The van der Waals surface area contributed by atoms with Gasteiger partial charge in [0.15, 0.2) is 16.3 Å². The minimum absolute atomic E-state index is 0.0614. The van der Waals surface area contributed by atoms with Crippen LogP contribution in [0.5, 0.6) is 17.2 Å². The fourth-order valence-electron chi connectivity index (χ4n) is 5.42. The van der Waals surface area contributed by atoms with Crippen molar-refractivity contribution < 1.29 is 28.1 Å². The maximum Gasteiger partial charge on any atom is 0.338 e. The molecule has 2 heterocycles. The third-order valence-electron chi connectivity index (χ3n) is 7.69. The Morgan fingerprint density at radius 3 is 2.40 bits per heavy atom. The number of carbonyl (C=O) groups is 1. The minimum atomic E-state index is -0.877. The van der Waals surface area contributed by atoms with Crippen molar-refractivity contribution in [2.45, 2.75) is 19.6 Å². The van der Waals surface area contributed by atoms with Crippen LogP contribution in [-0.4, -0.2) is 31.4 Å². The molecule has 0 N–H and O–H groups in total. The molecule has 0 fully saturated rings. The highest BCUT2D eigenvalue weighted by Crippen LogP contribution is 2.38. The Morgan fingerprint density at radius 2 is 1.69 bits per heavy atom. The summed E-state index contributed by atoms with van der Waals surface area (Å²) in [5.41, 5.74) is 2.80. The molecule has 0 unspecified atom stereocenters. The Morgan fingerprint density at radius 1 is 0.958 bits per heavy atom. The minimum Gasteiger partial charge on any atom is -0.493 e. The molecule has 244 valence electrons. The van der Waals surface area contributed by atoms with E-state index in [2.05, 4.69) is 15.9 Å². The molecule has 8 nitrogen and oxygen atoms in total. The molecule has 1 aliphatic rings. The first-order valence-corrected chi connectivity index (χ1v) is 16.6. The Balaban J connectivity index is 1.49. The molecule has 6 rings (SSSR count). The first-order valence-electron chi connectivity index (χ1n) is 15.0. The van der Waals surface area contributed by atoms with E-state index in [1.54, 1.807) is 55.5 Å². The quantitative estimate of drug-likeness (QED) is 0.154. The molecule has 4 aromatic carbocycles. The number of benzene rings is 4. The molecule has 0 amide bonds. The lowest BCUT2D eigenvalue weighted by Crippen LogP contribution is -2.40. The maximum absolute atomic E-state index is 14.3. The van der Waals surface area contributed by atoms with Crippen LogP contribution < -0.4 is 29.1 Å². The smallest absolute Gasteiger partial charge is 0.338 e. The number of esters is 1. The van der Waals surface area contributed by atoms with Crippen LogP contribution in [0.3, 0.4) is 0 Å². The van der Waals surface area contributed by atoms with E-state index < -0.39 is 12.0 Å². The zero-order valence-electron chi connectivity index (χ0n) is 26.2. The molecular formula is C37H30BrFN2O6S. The standard InChI is InChI=1S/C37H30BrFN2O6S/c1-4-46-36(43)32-33(23-10-6-5-7-11-23)40-37-41(34(32)24-15-17-29(44-2)30(20-24)45-3)35(42)31(48-37)19-22-14-16-28(26(38)18-22)47-21-25-12-8-9-13-27(25)39/h5-20,34H,4,21H2,1-3H3/b31-19-/t34-/m1/s1. The summed E-state index contributed by atoms with van der Waals surface area (Å²) in [6.07, 6.45) is 1.76. The number of rotatable bonds is 10. The number of hydrogen-bond acceptors (Lipinski definition) is 8. The van der Waals surface area contributed by atoms with Gasteiger partial charge in [-0.15, -0.1) is 0 Å². The van der Waals surface area contributed by atoms with Crippen molar-refractivity contribution in [2.24, 2.45) is 4.99 Å². The fraction of sp³-hybridized carbons (Fsp3) is 0.162. The molecule has 0 saturated carbocycles. The van der Waals surface area contributed by atoms with Gasteiger partial charge < -0.3 is 18.9 Å². The SMILES string of the molecule is CCOC(=O)C1=C(c2ccccc2)N=c2s/c(=C\c3ccc(OCc4ccccc4F)c(Br)c3)c(=O)n2[C@@H]1c1ccc(OC)c(OC)c1. The molecule has 1 aromatic heterocycles. The van der Waals surface area contributed by atoms with E-state index in [4.69, 9.17) is 23.9 Å². The second-order valence-corrected chi connectivity index (χ2v) is 12.5. The second-order valence-electron chi connectivity index (χ2n) is 10.6. The second kappa shape index (κ2) is 14.4. The topological polar surface area (TPSA) is 88.4 Å². The number of methoxy groups -OCH3 is 2. The van der Waals surface area contributed by atoms with Gasteiger partial charge in [-0.25, -0.2) is 14.2 Å². The largest absolute Gasteiger partial charge is 0.493 e. The van der Waals surface area contributed by atoms with Crippen LogP contribution >= 0.6 is 27.3 Å². The summed E-state index contributed by atoms with van der Waals surface area (Å²) in [5.74, 6) is 0.556. The number of aromatic nitrogens is 1. The van der Waals surface area contributed by atoms with Crippen molar-refractivity contribution in [3.8, 4) is 17.2 Å². The highest BCUT2D eigenvalue weighted by Gasteiger charge is 2.35. The molecule has 0 radical (unpaired) electrons. The lowest BCUT2D eigenvalue weighted by atomic mass is 9.93. The van der Waals surface area contributed by atoms with Gasteiger partial charge in [0, 0.05) is 11.1 Å². The molecule has 1 atom stereocenters. The Bertz CT molecular complexity index is 2210. The molecule has 0 bridgehead atoms. The molecule has 11 heteroatoms. The lowest BCUT2D eigenvalue weighted by Gasteiger charge is -2.26. The lowest BCUT2D eigenvalue weighted by molar-refractivity contribution is -0.138. The van der Waals surface area contributed by atoms with Crippen LogP contribution in [-0.2, 0) is 16.1 Å².